The second kappa shape index (κ2) is 14.6. The molecule has 2 fully saturated rings. The summed E-state index contributed by atoms with van der Waals surface area (Å²) in [4.78, 5) is 12.8. The molecule has 2 saturated carbocycles. The van der Waals surface area contributed by atoms with E-state index in [1.54, 1.807) is 0 Å². The van der Waals surface area contributed by atoms with Crippen LogP contribution in [-0.2, 0) is 21.9 Å². The van der Waals surface area contributed by atoms with E-state index in [-0.39, 0.29) is 31.9 Å². The molecule has 0 saturated heterocycles. The predicted molar refractivity (Wildman–Crippen MR) is 81.4 cm³/mol. The normalized spacial score (nSPS) is 24.4. The third kappa shape index (κ3) is 10.6. The van der Waals surface area contributed by atoms with Crippen molar-refractivity contribution in [1.29, 1.82) is 0 Å². The summed E-state index contributed by atoms with van der Waals surface area (Å²) in [6, 6.07) is 0. The number of hydrogen-bond acceptors (Lipinski definition) is 2. The van der Waals surface area contributed by atoms with Gasteiger partial charge in [-0.15, -0.1) is 0 Å². The predicted octanol–water partition coefficient (Wildman–Crippen LogP) is 4.01. The van der Waals surface area contributed by atoms with Crippen molar-refractivity contribution in [2.45, 2.75) is 51.4 Å². The van der Waals surface area contributed by atoms with Crippen LogP contribution in [0.3, 0.4) is 0 Å². The summed E-state index contributed by atoms with van der Waals surface area (Å²) < 4.78 is 0. The average Bonchev–Trinajstić information content (AvgIpc) is 2.89. The van der Waals surface area contributed by atoms with Crippen molar-refractivity contribution in [2.24, 2.45) is 11.8 Å². The Morgan fingerprint density at radius 2 is 1.42 bits per heavy atom. The van der Waals surface area contributed by atoms with Crippen LogP contribution < -0.4 is 0 Å². The van der Waals surface area contributed by atoms with Crippen LogP contribution in [0.5, 0.6) is 0 Å². The summed E-state index contributed by atoms with van der Waals surface area (Å²) in [5.41, 5.74) is 0. The van der Waals surface area contributed by atoms with Crippen LogP contribution in [0.4, 0.5) is 0 Å². The van der Waals surface area contributed by atoms with E-state index < -0.39 is 0 Å². The summed E-state index contributed by atoms with van der Waals surface area (Å²) in [6.45, 7) is 1.07. The molecule has 0 aromatic rings. The van der Waals surface area contributed by atoms with Gasteiger partial charge in [-0.05, 0) is 32.9 Å². The van der Waals surface area contributed by atoms with Gasteiger partial charge in [-0.25, -0.2) is 0 Å². The number of carbonyl (C=O) groups excluding carboxylic acids is 1. The van der Waals surface area contributed by atoms with E-state index in [0.29, 0.717) is 11.8 Å². The molecule has 0 radical (unpaired) electrons. The fraction of sp³-hybridized carbons (Fsp3) is 0.812. The zero-order valence-electron chi connectivity index (χ0n) is 13.3. The van der Waals surface area contributed by atoms with Crippen molar-refractivity contribution < 1.29 is 21.9 Å². The molecule has 0 heterocycles. The van der Waals surface area contributed by atoms with E-state index in [4.69, 9.17) is 0 Å². The van der Waals surface area contributed by atoms with Crippen molar-refractivity contribution in [3.05, 3.63) is 14.9 Å². The maximum Gasteiger partial charge on any atom is 2.00 e. The quantitative estimate of drug-likeness (QED) is 0.446. The van der Waals surface area contributed by atoms with Crippen molar-refractivity contribution >= 4 is 6.29 Å². The Morgan fingerprint density at radius 3 is 1.79 bits per heavy atom. The smallest absolute Gasteiger partial charge is 0.358 e. The van der Waals surface area contributed by atoms with Gasteiger partial charge in [0.25, 0.3) is 0 Å². The Morgan fingerprint density at radius 1 is 0.947 bits per heavy atom. The molecule has 0 aliphatic heterocycles. The van der Waals surface area contributed by atoms with Gasteiger partial charge < -0.3 is 24.5 Å². The minimum Gasteiger partial charge on any atom is -0.358 e. The maximum absolute atomic E-state index is 10.6. The van der Waals surface area contributed by atoms with Crippen molar-refractivity contribution in [3.8, 4) is 0 Å². The summed E-state index contributed by atoms with van der Waals surface area (Å²) in [5, 5.41) is 0. The maximum atomic E-state index is 10.6. The molecule has 19 heavy (non-hydrogen) atoms. The van der Waals surface area contributed by atoms with Crippen molar-refractivity contribution in [3.63, 3.8) is 0 Å². The summed E-state index contributed by atoms with van der Waals surface area (Å²) in [7, 11) is 4.14. The van der Waals surface area contributed by atoms with Gasteiger partial charge in [0.2, 0.25) is 0 Å². The Kier molecular flexibility index (Phi) is 18.5. The molecule has 0 N–H and O–H groups in total. The molecule has 2 unspecified atom stereocenters. The van der Waals surface area contributed by atoms with E-state index in [2.05, 4.69) is 19.0 Å². The molecule has 0 aromatic carbocycles. The van der Waals surface area contributed by atoms with Gasteiger partial charge in [0, 0.05) is 12.5 Å². The van der Waals surface area contributed by atoms with Crippen LogP contribution in [0, 0.1) is 26.7 Å². The van der Waals surface area contributed by atoms with Crippen LogP contribution in [0.2, 0.25) is 0 Å². The number of nitrogens with zero attached hydrogens (tertiary/aromatic N) is 1. The van der Waals surface area contributed by atoms with E-state index >= 15 is 0 Å². The molecule has 116 valence electrons. The zero-order valence-corrected chi connectivity index (χ0v) is 14.4. The van der Waals surface area contributed by atoms with E-state index in [1.165, 1.54) is 44.9 Å². The molecular weight excluding hydrogens is 278 g/mol. The Bertz CT molecular complexity index is 186. The van der Waals surface area contributed by atoms with Crippen LogP contribution in [-0.4, -0.2) is 31.8 Å². The van der Waals surface area contributed by atoms with Crippen LogP contribution in [0.15, 0.2) is 0 Å². The van der Waals surface area contributed by atoms with Gasteiger partial charge in [-0.2, -0.15) is 0 Å². The van der Waals surface area contributed by atoms with Gasteiger partial charge in [0.1, 0.15) is 6.29 Å². The van der Waals surface area contributed by atoms with Gasteiger partial charge in [0.05, 0.1) is 0 Å². The SMILES string of the molecule is C1CCCC1.CN(C)CC1CCCC1C=O.[CH3-].[CH3-].[Fe+2]. The largest absolute Gasteiger partial charge is 2.00 e. The molecule has 2 nitrogen and oxygen atoms in total. The Balaban J connectivity index is -0.000000277. The third-order valence-corrected chi connectivity index (χ3v) is 3.74. The summed E-state index contributed by atoms with van der Waals surface area (Å²) in [5.74, 6) is 0.972. The Labute approximate surface area is 132 Å². The first-order valence-electron chi connectivity index (χ1n) is 6.84. The number of rotatable bonds is 3. The second-order valence-electron chi connectivity index (χ2n) is 5.52. The first-order chi connectivity index (χ1) is 7.74. The second-order valence-corrected chi connectivity index (χ2v) is 5.52. The minimum atomic E-state index is 0. The van der Waals surface area contributed by atoms with E-state index in [1.807, 2.05) is 0 Å². The number of aldehydes is 1. The molecule has 2 aliphatic carbocycles. The Hall–Kier alpha value is 0.149. The standard InChI is InChI=1S/C9H17NO.C5H10.2CH3.Fe/c1-10(2)6-8-4-3-5-9(8)7-11;1-2-4-5-3-1;;;/h7-9H,3-6H2,1-2H3;1-5H2;2*1H3;/q;;2*-1;+2. The molecule has 0 spiro atoms. The van der Waals surface area contributed by atoms with Gasteiger partial charge in [-0.3, -0.25) is 0 Å². The molecular formula is C16H33FeNO. The molecule has 2 rings (SSSR count). The van der Waals surface area contributed by atoms with Gasteiger partial charge in [0.15, 0.2) is 0 Å². The molecule has 2 aliphatic rings. The van der Waals surface area contributed by atoms with Crippen molar-refractivity contribution in [1.82, 2.24) is 4.90 Å². The topological polar surface area (TPSA) is 20.3 Å². The molecule has 3 heteroatoms. The molecule has 0 aromatic heterocycles. The summed E-state index contributed by atoms with van der Waals surface area (Å²) in [6.07, 6.45) is 12.2. The third-order valence-electron chi connectivity index (χ3n) is 3.74. The molecule has 0 amide bonds. The molecule has 2 atom stereocenters. The first-order valence-corrected chi connectivity index (χ1v) is 6.84. The zero-order chi connectivity index (χ0) is 11.8. The fourth-order valence-corrected chi connectivity index (χ4v) is 2.82. The minimum absolute atomic E-state index is 0. The average molecular weight is 311 g/mol. The van der Waals surface area contributed by atoms with Gasteiger partial charge >= 0.3 is 17.1 Å². The van der Waals surface area contributed by atoms with Crippen LogP contribution >= 0.6 is 0 Å². The van der Waals surface area contributed by atoms with E-state index in [9.17, 15) is 4.79 Å². The van der Waals surface area contributed by atoms with Crippen LogP contribution in [0.1, 0.15) is 51.4 Å². The summed E-state index contributed by atoms with van der Waals surface area (Å²) >= 11 is 0. The van der Waals surface area contributed by atoms with E-state index in [0.717, 1.165) is 19.3 Å². The fourth-order valence-electron chi connectivity index (χ4n) is 2.82. The van der Waals surface area contributed by atoms with Crippen LogP contribution in [0.25, 0.3) is 0 Å². The number of hydrogen-bond donors (Lipinski definition) is 0. The first kappa shape index (κ1) is 24.2. The van der Waals surface area contributed by atoms with Crippen molar-refractivity contribution in [2.75, 3.05) is 20.6 Å². The monoisotopic (exact) mass is 311 g/mol. The van der Waals surface area contributed by atoms with Gasteiger partial charge in [-0.1, -0.05) is 38.5 Å². The number of carbonyl (C=O) groups is 1. The molecule has 0 bridgehead atoms.